The molecular formula is C24H31N5O3. The largest absolute Gasteiger partial charge is 0.356 e. The van der Waals surface area contributed by atoms with Gasteiger partial charge in [0, 0.05) is 36.7 Å². The third-order valence-electron chi connectivity index (χ3n) is 5.43. The van der Waals surface area contributed by atoms with Crippen LogP contribution in [-0.4, -0.2) is 42.5 Å². The van der Waals surface area contributed by atoms with E-state index in [1.54, 1.807) is 29.2 Å². The van der Waals surface area contributed by atoms with Gasteiger partial charge in [-0.2, -0.15) is 0 Å². The number of hydrogen-bond donors (Lipinski definition) is 4. The summed E-state index contributed by atoms with van der Waals surface area (Å²) in [6.07, 6.45) is 1.57. The van der Waals surface area contributed by atoms with Gasteiger partial charge in [-0.1, -0.05) is 23.8 Å². The molecule has 1 heterocycles. The highest BCUT2D eigenvalue weighted by Gasteiger charge is 2.28. The lowest BCUT2D eigenvalue weighted by Gasteiger charge is -2.32. The fraction of sp³-hybridized carbons (Fsp3) is 0.375. The lowest BCUT2D eigenvalue weighted by molar-refractivity contribution is -0.126. The summed E-state index contributed by atoms with van der Waals surface area (Å²) in [6, 6.07) is 12.2. The van der Waals surface area contributed by atoms with Gasteiger partial charge in [-0.05, 0) is 63.4 Å². The molecule has 0 saturated carbocycles. The van der Waals surface area contributed by atoms with Gasteiger partial charge in [0.15, 0.2) is 0 Å². The molecule has 1 unspecified atom stereocenters. The van der Waals surface area contributed by atoms with E-state index in [1.165, 1.54) is 0 Å². The number of urea groups is 2. The first-order valence-corrected chi connectivity index (χ1v) is 10.9. The van der Waals surface area contributed by atoms with E-state index < -0.39 is 0 Å². The molecule has 1 atom stereocenters. The molecule has 170 valence electrons. The molecule has 1 aliphatic rings. The minimum absolute atomic E-state index is 0.00831. The number of rotatable bonds is 5. The molecule has 0 aromatic heterocycles. The molecule has 0 bridgehead atoms. The van der Waals surface area contributed by atoms with Crippen LogP contribution in [0.15, 0.2) is 42.5 Å². The molecule has 0 aliphatic carbocycles. The molecule has 32 heavy (non-hydrogen) atoms. The quantitative estimate of drug-likeness (QED) is 0.560. The highest BCUT2D eigenvalue weighted by Crippen LogP contribution is 2.21. The fourth-order valence-corrected chi connectivity index (χ4v) is 3.81. The predicted octanol–water partition coefficient (Wildman–Crippen LogP) is 4.33. The number of nitrogens with zero attached hydrogens (tertiary/aromatic N) is 1. The van der Waals surface area contributed by atoms with Gasteiger partial charge in [-0.25, -0.2) is 9.59 Å². The number of carbonyl (C=O) groups is 3. The number of nitrogens with one attached hydrogen (secondary N) is 4. The molecule has 2 aromatic carbocycles. The van der Waals surface area contributed by atoms with Crippen LogP contribution in [0.1, 0.15) is 30.9 Å². The van der Waals surface area contributed by atoms with Crippen LogP contribution < -0.4 is 21.3 Å². The van der Waals surface area contributed by atoms with Crippen LogP contribution in [0, 0.1) is 19.8 Å². The Hall–Kier alpha value is -3.55. The minimum Gasteiger partial charge on any atom is -0.356 e. The van der Waals surface area contributed by atoms with Crippen molar-refractivity contribution in [1.82, 2.24) is 10.2 Å². The average Bonchev–Trinajstić information content (AvgIpc) is 2.76. The van der Waals surface area contributed by atoms with E-state index in [9.17, 15) is 14.4 Å². The number of anilines is 3. The van der Waals surface area contributed by atoms with Crippen molar-refractivity contribution < 1.29 is 14.4 Å². The first kappa shape index (κ1) is 23.1. The lowest BCUT2D eigenvalue weighted by atomic mass is 9.97. The normalized spacial score (nSPS) is 15.6. The van der Waals surface area contributed by atoms with Crippen molar-refractivity contribution in [1.29, 1.82) is 0 Å². The van der Waals surface area contributed by atoms with E-state index >= 15 is 0 Å². The van der Waals surface area contributed by atoms with E-state index in [2.05, 4.69) is 21.3 Å². The highest BCUT2D eigenvalue weighted by molar-refractivity contribution is 6.01. The molecule has 1 fully saturated rings. The maximum Gasteiger partial charge on any atom is 0.323 e. The van der Waals surface area contributed by atoms with E-state index in [0.717, 1.165) is 29.7 Å². The van der Waals surface area contributed by atoms with Crippen LogP contribution >= 0.6 is 0 Å². The van der Waals surface area contributed by atoms with Crippen molar-refractivity contribution in [3.05, 3.63) is 53.6 Å². The Labute approximate surface area is 188 Å². The zero-order valence-corrected chi connectivity index (χ0v) is 18.8. The Morgan fingerprint density at radius 1 is 1.00 bits per heavy atom. The van der Waals surface area contributed by atoms with Crippen LogP contribution in [0.25, 0.3) is 0 Å². The molecule has 0 radical (unpaired) electrons. The van der Waals surface area contributed by atoms with Crippen molar-refractivity contribution in [3.8, 4) is 0 Å². The fourth-order valence-electron chi connectivity index (χ4n) is 3.81. The van der Waals surface area contributed by atoms with Gasteiger partial charge in [-0.3, -0.25) is 4.79 Å². The number of carbonyl (C=O) groups excluding carboxylic acids is 3. The number of piperidine rings is 1. The summed E-state index contributed by atoms with van der Waals surface area (Å²) in [6.45, 7) is 7.41. The van der Waals surface area contributed by atoms with Gasteiger partial charge in [0.2, 0.25) is 5.91 Å². The maximum absolute atomic E-state index is 12.7. The Balaban J connectivity index is 1.57. The Morgan fingerprint density at radius 3 is 2.47 bits per heavy atom. The summed E-state index contributed by atoms with van der Waals surface area (Å²) in [7, 11) is 0. The second-order valence-corrected chi connectivity index (χ2v) is 8.09. The number of hydrogen-bond acceptors (Lipinski definition) is 3. The summed E-state index contributed by atoms with van der Waals surface area (Å²) in [5.74, 6) is -0.192. The molecule has 5 amide bonds. The van der Waals surface area contributed by atoms with E-state index in [-0.39, 0.29) is 23.9 Å². The molecule has 8 heteroatoms. The second-order valence-electron chi connectivity index (χ2n) is 8.09. The molecule has 2 aromatic rings. The van der Waals surface area contributed by atoms with Crippen LogP contribution in [0.5, 0.6) is 0 Å². The molecule has 4 N–H and O–H groups in total. The van der Waals surface area contributed by atoms with E-state index in [4.69, 9.17) is 0 Å². The number of likely N-dealkylation sites (tertiary alicyclic amines) is 1. The molecular weight excluding hydrogens is 406 g/mol. The monoisotopic (exact) mass is 437 g/mol. The summed E-state index contributed by atoms with van der Waals surface area (Å²) in [4.78, 5) is 38.9. The predicted molar refractivity (Wildman–Crippen MR) is 127 cm³/mol. The Kier molecular flexibility index (Phi) is 7.70. The standard InChI is InChI=1S/C24H31N5O3/c1-4-25-22(30)18-7-6-12-29(15-18)24(32)27-20-9-5-8-19(14-20)26-23(31)28-21-11-10-16(2)13-17(21)3/h5,8-11,13-14,18H,4,6-7,12,15H2,1-3H3,(H,25,30)(H,27,32)(H2,26,28,31). The van der Waals surface area contributed by atoms with Crippen molar-refractivity contribution in [2.75, 3.05) is 35.6 Å². The first-order valence-electron chi connectivity index (χ1n) is 10.9. The van der Waals surface area contributed by atoms with E-state index in [1.807, 2.05) is 39.0 Å². The molecule has 3 rings (SSSR count). The highest BCUT2D eigenvalue weighted by atomic mass is 16.2. The molecule has 0 spiro atoms. The SMILES string of the molecule is CCNC(=O)C1CCCN(C(=O)Nc2cccc(NC(=O)Nc3ccc(C)cc3C)c2)C1. The first-order chi connectivity index (χ1) is 15.4. The topological polar surface area (TPSA) is 103 Å². The second kappa shape index (κ2) is 10.7. The van der Waals surface area contributed by atoms with Crippen molar-refractivity contribution >= 4 is 35.0 Å². The summed E-state index contributed by atoms with van der Waals surface area (Å²) >= 11 is 0. The van der Waals surface area contributed by atoms with Crippen LogP contribution in [0.2, 0.25) is 0 Å². The third kappa shape index (κ3) is 6.23. The summed E-state index contributed by atoms with van der Waals surface area (Å²) < 4.78 is 0. The molecule has 1 aliphatic heterocycles. The summed E-state index contributed by atoms with van der Waals surface area (Å²) in [5, 5.41) is 11.3. The number of aryl methyl sites for hydroxylation is 2. The average molecular weight is 438 g/mol. The third-order valence-corrected chi connectivity index (χ3v) is 5.43. The van der Waals surface area contributed by atoms with Gasteiger partial charge < -0.3 is 26.2 Å². The van der Waals surface area contributed by atoms with Crippen LogP contribution in [0.3, 0.4) is 0 Å². The Morgan fingerprint density at radius 2 is 1.75 bits per heavy atom. The Bertz CT molecular complexity index is 991. The van der Waals surface area contributed by atoms with Gasteiger partial charge in [0.1, 0.15) is 0 Å². The lowest BCUT2D eigenvalue weighted by Crippen LogP contribution is -2.46. The number of amides is 5. The van der Waals surface area contributed by atoms with Gasteiger partial charge in [0.05, 0.1) is 5.92 Å². The maximum atomic E-state index is 12.7. The molecule has 1 saturated heterocycles. The molecule has 8 nitrogen and oxygen atoms in total. The van der Waals surface area contributed by atoms with Crippen molar-refractivity contribution in [2.24, 2.45) is 5.92 Å². The van der Waals surface area contributed by atoms with Gasteiger partial charge >= 0.3 is 12.1 Å². The van der Waals surface area contributed by atoms with E-state index in [0.29, 0.717) is 31.0 Å². The van der Waals surface area contributed by atoms with Crippen LogP contribution in [0.4, 0.5) is 26.7 Å². The summed E-state index contributed by atoms with van der Waals surface area (Å²) in [5.41, 5.74) is 3.98. The van der Waals surface area contributed by atoms with Crippen molar-refractivity contribution in [3.63, 3.8) is 0 Å². The van der Waals surface area contributed by atoms with Crippen LogP contribution in [-0.2, 0) is 4.79 Å². The van der Waals surface area contributed by atoms with Gasteiger partial charge in [-0.15, -0.1) is 0 Å². The van der Waals surface area contributed by atoms with Gasteiger partial charge in [0.25, 0.3) is 0 Å². The minimum atomic E-state index is -0.360. The zero-order valence-electron chi connectivity index (χ0n) is 18.8. The number of benzene rings is 2. The van der Waals surface area contributed by atoms with Crippen molar-refractivity contribution in [2.45, 2.75) is 33.6 Å². The zero-order chi connectivity index (χ0) is 23.1. The smallest absolute Gasteiger partial charge is 0.323 e.